The molecule has 3 heteroatoms. The first kappa shape index (κ1) is 19.2. The van der Waals surface area contributed by atoms with Crippen LogP contribution in [0.1, 0.15) is 69.2 Å². The Morgan fingerprint density at radius 3 is 1.70 bits per heavy atom. The van der Waals surface area contributed by atoms with E-state index in [0.717, 1.165) is 28.3 Å². The number of nitrogens with zero attached hydrogens (tertiary/aromatic N) is 3. The quantitative estimate of drug-likeness (QED) is 0.697. The molecule has 3 nitrogen and oxygen atoms in total. The SMILES string of the molecule is CC1C(C)C(C)C(C)(CN2N(C(C)C)C(C)[N+]2(C)C(C)C)C1C. The summed E-state index contributed by atoms with van der Waals surface area (Å²) in [5, 5.41) is 5.32. The molecule has 6 unspecified atom stereocenters. The van der Waals surface area contributed by atoms with E-state index in [4.69, 9.17) is 0 Å². The summed E-state index contributed by atoms with van der Waals surface area (Å²) in [6.45, 7) is 25.5. The fourth-order valence-electron chi connectivity index (χ4n) is 5.55. The molecule has 1 aliphatic carbocycles. The van der Waals surface area contributed by atoms with Gasteiger partial charge in [0.05, 0.1) is 13.6 Å². The molecule has 1 aliphatic heterocycles. The van der Waals surface area contributed by atoms with E-state index in [2.05, 4.69) is 86.4 Å². The average molecular weight is 325 g/mol. The third-order valence-electron chi connectivity index (χ3n) is 8.45. The second-order valence-corrected chi connectivity index (χ2v) is 9.63. The molecule has 2 rings (SSSR count). The minimum Gasteiger partial charge on any atom is -0.214 e. The fraction of sp³-hybridized carbons (Fsp3) is 1.00. The Morgan fingerprint density at radius 2 is 1.35 bits per heavy atom. The first-order valence-electron chi connectivity index (χ1n) is 9.82. The molecule has 0 aromatic carbocycles. The number of hydrogen-bond acceptors (Lipinski definition) is 2. The van der Waals surface area contributed by atoms with Gasteiger partial charge in [0.15, 0.2) is 6.17 Å². The second-order valence-electron chi connectivity index (χ2n) is 9.63. The van der Waals surface area contributed by atoms with Crippen LogP contribution in [0.15, 0.2) is 0 Å². The van der Waals surface area contributed by atoms with Crippen LogP contribution >= 0.6 is 0 Å². The molecule has 2 fully saturated rings. The van der Waals surface area contributed by atoms with Crippen LogP contribution in [-0.4, -0.2) is 46.6 Å². The summed E-state index contributed by atoms with van der Waals surface area (Å²) in [5.41, 5.74) is 0.389. The summed E-state index contributed by atoms with van der Waals surface area (Å²) in [7, 11) is 2.43. The normalized spacial score (nSPS) is 49.2. The smallest absolute Gasteiger partial charge is 0.178 e. The van der Waals surface area contributed by atoms with Crippen molar-refractivity contribution < 1.29 is 4.59 Å². The van der Waals surface area contributed by atoms with E-state index in [0.29, 0.717) is 23.7 Å². The van der Waals surface area contributed by atoms with Gasteiger partial charge in [0.2, 0.25) is 0 Å². The minimum absolute atomic E-state index is 0.389. The van der Waals surface area contributed by atoms with Crippen molar-refractivity contribution in [1.82, 2.24) is 10.1 Å². The molecule has 1 heterocycles. The van der Waals surface area contributed by atoms with Crippen molar-refractivity contribution in [2.45, 2.75) is 87.5 Å². The van der Waals surface area contributed by atoms with Gasteiger partial charge in [-0.3, -0.25) is 0 Å². The molecule has 1 saturated heterocycles. The van der Waals surface area contributed by atoms with Crippen molar-refractivity contribution in [3.8, 4) is 0 Å². The van der Waals surface area contributed by atoms with Crippen LogP contribution in [0.3, 0.4) is 0 Å². The van der Waals surface area contributed by atoms with E-state index in [9.17, 15) is 0 Å². The van der Waals surface area contributed by atoms with Crippen LogP contribution < -0.4 is 0 Å². The van der Waals surface area contributed by atoms with Crippen molar-refractivity contribution in [1.29, 1.82) is 0 Å². The summed E-state index contributed by atoms with van der Waals surface area (Å²) < 4.78 is 1.05. The summed E-state index contributed by atoms with van der Waals surface area (Å²) in [4.78, 5) is 0. The fourth-order valence-corrected chi connectivity index (χ4v) is 5.55. The van der Waals surface area contributed by atoms with Crippen molar-refractivity contribution >= 4 is 0 Å². The zero-order chi connectivity index (χ0) is 17.9. The van der Waals surface area contributed by atoms with Gasteiger partial charge in [-0.15, -0.1) is 5.01 Å². The van der Waals surface area contributed by atoms with Crippen molar-refractivity contribution in [2.24, 2.45) is 29.1 Å². The predicted molar refractivity (Wildman–Crippen MR) is 99.2 cm³/mol. The molecule has 0 amide bonds. The van der Waals surface area contributed by atoms with E-state index in [1.165, 1.54) is 6.54 Å². The van der Waals surface area contributed by atoms with Gasteiger partial charge in [-0.1, -0.05) is 39.7 Å². The van der Waals surface area contributed by atoms with Crippen LogP contribution in [0.2, 0.25) is 0 Å². The maximum Gasteiger partial charge on any atom is 0.178 e. The van der Waals surface area contributed by atoms with E-state index in [-0.39, 0.29) is 0 Å². The number of rotatable bonds is 4. The van der Waals surface area contributed by atoms with E-state index < -0.39 is 0 Å². The Balaban J connectivity index is 2.32. The molecule has 0 radical (unpaired) electrons. The average Bonchev–Trinajstić information content (AvgIpc) is 2.61. The Labute approximate surface area is 145 Å². The Kier molecular flexibility index (Phi) is 5.01. The first-order valence-corrected chi connectivity index (χ1v) is 9.82. The lowest BCUT2D eigenvalue weighted by Gasteiger charge is -2.66. The van der Waals surface area contributed by atoms with Crippen molar-refractivity contribution in [3.63, 3.8) is 0 Å². The third kappa shape index (κ3) is 2.49. The lowest BCUT2D eigenvalue weighted by atomic mass is 9.73. The van der Waals surface area contributed by atoms with Gasteiger partial charge < -0.3 is 0 Å². The molecule has 0 aromatic heterocycles. The van der Waals surface area contributed by atoms with Crippen molar-refractivity contribution in [2.75, 3.05) is 13.6 Å². The molecule has 0 aromatic rings. The highest BCUT2D eigenvalue weighted by Gasteiger charge is 2.62. The van der Waals surface area contributed by atoms with Gasteiger partial charge in [-0.2, -0.15) is 0 Å². The standard InChI is InChI=1S/C20H42N3/c1-13(2)22-19(9)23(11,14(3)4)21(22)12-20(10)17(7)15(5)16(6)18(20)8/h13-19H,12H2,1-11H3/q+1. The molecule has 0 bridgehead atoms. The number of quaternary nitrogens is 1. The molecule has 1 saturated carbocycles. The van der Waals surface area contributed by atoms with Gasteiger partial charge in [0, 0.05) is 13.0 Å². The highest BCUT2D eigenvalue weighted by Crippen LogP contribution is 2.55. The maximum absolute atomic E-state index is 2.69. The topological polar surface area (TPSA) is 6.48 Å². The predicted octanol–water partition coefficient (Wildman–Crippen LogP) is 4.61. The molecular weight excluding hydrogens is 282 g/mol. The van der Waals surface area contributed by atoms with Gasteiger partial charge >= 0.3 is 0 Å². The summed E-state index contributed by atoms with van der Waals surface area (Å²) in [6, 6.07) is 1.19. The Bertz CT molecular complexity index is 419. The molecule has 136 valence electrons. The van der Waals surface area contributed by atoms with Crippen LogP contribution in [0, 0.1) is 29.1 Å². The monoisotopic (exact) mass is 324 g/mol. The van der Waals surface area contributed by atoms with Crippen LogP contribution in [0.5, 0.6) is 0 Å². The number of hydrazine groups is 1. The molecule has 0 N–H and O–H groups in total. The largest absolute Gasteiger partial charge is 0.214 e. The van der Waals surface area contributed by atoms with Gasteiger partial charge in [-0.25, -0.2) is 4.59 Å². The Hall–Kier alpha value is -0.120. The van der Waals surface area contributed by atoms with Gasteiger partial charge in [-0.05, 0) is 56.8 Å². The minimum atomic E-state index is 0.389. The maximum atomic E-state index is 2.69. The summed E-state index contributed by atoms with van der Waals surface area (Å²) in [5.74, 6) is 3.19. The van der Waals surface area contributed by atoms with Crippen LogP contribution in [0.4, 0.5) is 0 Å². The van der Waals surface area contributed by atoms with Crippen molar-refractivity contribution in [3.05, 3.63) is 0 Å². The highest BCUT2D eigenvalue weighted by atomic mass is 16.1. The lowest BCUT2D eigenvalue weighted by Crippen LogP contribution is -2.87. The highest BCUT2D eigenvalue weighted by molar-refractivity contribution is 4.99. The number of hydrogen-bond donors (Lipinski definition) is 0. The summed E-state index contributed by atoms with van der Waals surface area (Å²) in [6.07, 6.45) is 0.570. The second kappa shape index (κ2) is 6.00. The molecule has 2 aliphatic rings. The third-order valence-corrected chi connectivity index (χ3v) is 8.45. The summed E-state index contributed by atoms with van der Waals surface area (Å²) >= 11 is 0. The lowest BCUT2D eigenvalue weighted by molar-refractivity contribution is -1.15. The molecule has 0 spiro atoms. The molecule has 6 atom stereocenters. The van der Waals surface area contributed by atoms with E-state index in [1.807, 2.05) is 0 Å². The zero-order valence-electron chi connectivity index (χ0n) is 17.6. The first-order chi connectivity index (χ1) is 10.4. The Morgan fingerprint density at radius 1 is 0.913 bits per heavy atom. The van der Waals surface area contributed by atoms with Gasteiger partial charge in [0.25, 0.3) is 0 Å². The van der Waals surface area contributed by atoms with E-state index in [1.54, 1.807) is 0 Å². The molecular formula is C20H42N3+. The van der Waals surface area contributed by atoms with E-state index >= 15 is 0 Å². The van der Waals surface area contributed by atoms with Crippen LogP contribution in [0.25, 0.3) is 0 Å². The van der Waals surface area contributed by atoms with Crippen LogP contribution in [-0.2, 0) is 0 Å². The van der Waals surface area contributed by atoms with Gasteiger partial charge in [0.1, 0.15) is 6.04 Å². The molecule has 23 heavy (non-hydrogen) atoms. The zero-order valence-corrected chi connectivity index (χ0v) is 17.6.